The molecule has 1 aromatic carbocycles. The summed E-state index contributed by atoms with van der Waals surface area (Å²) in [6.45, 7) is 6.26. The number of rotatable bonds is 3. The fourth-order valence-electron chi connectivity index (χ4n) is 3.00. The average molecular weight is 357 g/mol. The maximum atomic E-state index is 6.10. The molecule has 1 aliphatic heterocycles. The molecule has 0 saturated carbocycles. The van der Waals surface area contributed by atoms with E-state index in [4.69, 9.17) is 21.7 Å². The van der Waals surface area contributed by atoms with Gasteiger partial charge in [-0.1, -0.05) is 17.7 Å². The van der Waals surface area contributed by atoms with Crippen molar-refractivity contribution in [3.63, 3.8) is 0 Å². The van der Waals surface area contributed by atoms with Gasteiger partial charge in [0.15, 0.2) is 5.11 Å². The topological polar surface area (TPSA) is 55.4 Å². The number of anilines is 1. The number of hydrogen-bond donors (Lipinski definition) is 2. The molecule has 2 N–H and O–H groups in total. The molecule has 132 valence electrons. The Bertz CT molecular complexity index is 775. The molecular weight excluding hydrogens is 334 g/mol. The van der Waals surface area contributed by atoms with E-state index in [0.717, 1.165) is 23.4 Å². The highest BCUT2D eigenvalue weighted by molar-refractivity contribution is 7.80. The second-order valence-corrected chi connectivity index (χ2v) is 7.26. The third kappa shape index (κ3) is 4.20. The van der Waals surface area contributed by atoms with Gasteiger partial charge in [0.1, 0.15) is 11.4 Å². The number of nitrogens with one attached hydrogen (secondary N) is 2. The fourth-order valence-corrected chi connectivity index (χ4v) is 3.26. The fraction of sp³-hybridized carbons (Fsp3) is 0.368. The van der Waals surface area contributed by atoms with Gasteiger partial charge in [0.2, 0.25) is 5.88 Å². The summed E-state index contributed by atoms with van der Waals surface area (Å²) < 4.78 is 11.2. The zero-order valence-corrected chi connectivity index (χ0v) is 15.7. The number of hydrogen-bond acceptors (Lipinski definition) is 4. The Morgan fingerprint density at radius 2 is 2.12 bits per heavy atom. The second-order valence-electron chi connectivity index (χ2n) is 6.85. The summed E-state index contributed by atoms with van der Waals surface area (Å²) in [7, 11) is 1.59. The van der Waals surface area contributed by atoms with Gasteiger partial charge in [-0.05, 0) is 45.1 Å². The smallest absolute Gasteiger partial charge is 0.213 e. The molecule has 0 radical (unpaired) electrons. The third-order valence-electron chi connectivity index (χ3n) is 4.13. The van der Waals surface area contributed by atoms with Gasteiger partial charge in [-0.25, -0.2) is 4.98 Å². The molecule has 1 aromatic heterocycles. The van der Waals surface area contributed by atoms with Crippen LogP contribution >= 0.6 is 12.2 Å². The summed E-state index contributed by atoms with van der Waals surface area (Å²) in [5, 5.41) is 7.15. The van der Waals surface area contributed by atoms with Crippen molar-refractivity contribution in [2.75, 3.05) is 12.4 Å². The van der Waals surface area contributed by atoms with Gasteiger partial charge in [-0.15, -0.1) is 0 Å². The van der Waals surface area contributed by atoms with E-state index in [0.29, 0.717) is 11.0 Å². The number of aryl methyl sites for hydroxylation is 1. The molecule has 1 aliphatic rings. The van der Waals surface area contributed by atoms with E-state index in [1.807, 2.05) is 12.1 Å². The highest BCUT2D eigenvalue weighted by Gasteiger charge is 2.34. The van der Waals surface area contributed by atoms with Crippen molar-refractivity contribution in [3.8, 4) is 11.6 Å². The summed E-state index contributed by atoms with van der Waals surface area (Å²) in [4.78, 5) is 4.18. The van der Waals surface area contributed by atoms with Crippen molar-refractivity contribution in [2.45, 2.75) is 38.8 Å². The van der Waals surface area contributed by atoms with Gasteiger partial charge in [0, 0.05) is 18.1 Å². The van der Waals surface area contributed by atoms with Crippen LogP contribution in [0.25, 0.3) is 0 Å². The van der Waals surface area contributed by atoms with Crippen LogP contribution in [0.4, 0.5) is 5.69 Å². The van der Waals surface area contributed by atoms with Crippen LogP contribution in [-0.2, 0) is 0 Å². The average Bonchev–Trinajstić information content (AvgIpc) is 2.55. The van der Waals surface area contributed by atoms with Crippen LogP contribution in [0.15, 0.2) is 36.5 Å². The minimum absolute atomic E-state index is 0.0878. The summed E-state index contributed by atoms with van der Waals surface area (Å²) in [6.07, 6.45) is 2.52. The largest absolute Gasteiger partial charge is 0.487 e. The van der Waals surface area contributed by atoms with Crippen molar-refractivity contribution >= 4 is 23.0 Å². The van der Waals surface area contributed by atoms with Gasteiger partial charge in [0.25, 0.3) is 0 Å². The molecular formula is C19H23N3O2S. The van der Waals surface area contributed by atoms with Gasteiger partial charge in [-0.2, -0.15) is 0 Å². The minimum atomic E-state index is -0.253. The first-order valence-corrected chi connectivity index (χ1v) is 8.64. The van der Waals surface area contributed by atoms with Crippen molar-refractivity contribution in [3.05, 3.63) is 47.7 Å². The first-order valence-electron chi connectivity index (χ1n) is 8.23. The summed E-state index contributed by atoms with van der Waals surface area (Å²) in [6, 6.07) is 10.0. The molecule has 1 atom stereocenters. The quantitative estimate of drug-likeness (QED) is 0.810. The molecule has 0 bridgehead atoms. The third-order valence-corrected chi connectivity index (χ3v) is 4.35. The maximum Gasteiger partial charge on any atom is 0.213 e. The van der Waals surface area contributed by atoms with Crippen molar-refractivity contribution in [2.24, 2.45) is 0 Å². The van der Waals surface area contributed by atoms with E-state index < -0.39 is 0 Å². The SMILES string of the molecule is COc1ccc(NC(=S)N[C@H]2CC(C)(C)Oc3ccc(C)cc32)cn1. The van der Waals surface area contributed by atoms with Crippen LogP contribution in [0.1, 0.15) is 37.4 Å². The molecule has 0 saturated heterocycles. The van der Waals surface area contributed by atoms with E-state index in [1.54, 1.807) is 19.4 Å². The van der Waals surface area contributed by atoms with E-state index >= 15 is 0 Å². The Balaban J connectivity index is 1.74. The molecule has 6 heteroatoms. The van der Waals surface area contributed by atoms with Crippen molar-refractivity contribution in [1.82, 2.24) is 10.3 Å². The number of ether oxygens (including phenoxy) is 2. The zero-order chi connectivity index (χ0) is 18.0. The predicted molar refractivity (Wildman–Crippen MR) is 103 cm³/mol. The van der Waals surface area contributed by atoms with Gasteiger partial charge in [-0.3, -0.25) is 0 Å². The number of methoxy groups -OCH3 is 1. The number of benzene rings is 1. The normalized spacial score (nSPS) is 17.8. The Morgan fingerprint density at radius 1 is 1.32 bits per heavy atom. The maximum absolute atomic E-state index is 6.10. The molecule has 3 rings (SSSR count). The Hall–Kier alpha value is -2.34. The van der Waals surface area contributed by atoms with Crippen molar-refractivity contribution in [1.29, 1.82) is 0 Å². The summed E-state index contributed by atoms with van der Waals surface area (Å²) >= 11 is 5.49. The second kappa shape index (κ2) is 6.88. The van der Waals surface area contributed by atoms with Gasteiger partial charge in [0.05, 0.1) is 25.0 Å². The lowest BCUT2D eigenvalue weighted by molar-refractivity contribution is 0.0696. The molecule has 0 aliphatic carbocycles. The van der Waals surface area contributed by atoms with Crippen LogP contribution in [0.3, 0.4) is 0 Å². The highest BCUT2D eigenvalue weighted by atomic mass is 32.1. The van der Waals surface area contributed by atoms with E-state index in [-0.39, 0.29) is 11.6 Å². The first kappa shape index (κ1) is 17.5. The molecule has 0 unspecified atom stereocenters. The minimum Gasteiger partial charge on any atom is -0.487 e. The summed E-state index contributed by atoms with van der Waals surface area (Å²) in [5.41, 5.74) is 2.90. The number of pyridine rings is 1. The molecule has 0 spiro atoms. The molecule has 25 heavy (non-hydrogen) atoms. The molecule has 2 aromatic rings. The first-order chi connectivity index (χ1) is 11.9. The Morgan fingerprint density at radius 3 is 2.80 bits per heavy atom. The molecule has 0 fully saturated rings. The summed E-state index contributed by atoms with van der Waals surface area (Å²) in [5.74, 6) is 1.48. The molecule has 0 amide bonds. The van der Waals surface area contributed by atoms with E-state index in [2.05, 4.69) is 48.5 Å². The van der Waals surface area contributed by atoms with Crippen LogP contribution < -0.4 is 20.1 Å². The number of nitrogens with zero attached hydrogens (tertiary/aromatic N) is 1. The highest BCUT2D eigenvalue weighted by Crippen LogP contribution is 2.39. The van der Waals surface area contributed by atoms with Gasteiger partial charge < -0.3 is 20.1 Å². The van der Waals surface area contributed by atoms with Crippen LogP contribution in [0, 0.1) is 6.92 Å². The van der Waals surface area contributed by atoms with E-state index in [9.17, 15) is 0 Å². The van der Waals surface area contributed by atoms with Gasteiger partial charge >= 0.3 is 0 Å². The monoisotopic (exact) mass is 357 g/mol. The number of thiocarbonyl (C=S) groups is 1. The van der Waals surface area contributed by atoms with Crippen molar-refractivity contribution < 1.29 is 9.47 Å². The van der Waals surface area contributed by atoms with E-state index in [1.165, 1.54) is 5.56 Å². The molecule has 5 nitrogen and oxygen atoms in total. The zero-order valence-electron chi connectivity index (χ0n) is 14.9. The standard InChI is InChI=1S/C19H23N3O2S/c1-12-5-7-16-14(9-12)15(10-19(2,3)24-16)22-18(25)21-13-6-8-17(23-4)20-11-13/h5-9,11,15H,10H2,1-4H3,(H2,21,22,25)/t15-/m0/s1. The number of fused-ring (bicyclic) bond motifs is 1. The lowest BCUT2D eigenvalue weighted by atomic mass is 9.89. The Kier molecular flexibility index (Phi) is 4.81. The molecule has 2 heterocycles. The predicted octanol–water partition coefficient (Wildman–Crippen LogP) is 3.99. The van der Waals surface area contributed by atoms with Crippen LogP contribution in [-0.4, -0.2) is 22.8 Å². The van der Waals surface area contributed by atoms with Crippen LogP contribution in [0.5, 0.6) is 11.6 Å². The van der Waals surface area contributed by atoms with Crippen LogP contribution in [0.2, 0.25) is 0 Å². The Labute approximate surface area is 153 Å². The lowest BCUT2D eigenvalue weighted by Gasteiger charge is -2.38. The number of aromatic nitrogens is 1. The lowest BCUT2D eigenvalue weighted by Crippen LogP contribution is -2.42.